The van der Waals surface area contributed by atoms with Crippen molar-refractivity contribution in [3.05, 3.63) is 0 Å². The maximum Gasteiger partial charge on any atom is 0.303 e. The summed E-state index contributed by atoms with van der Waals surface area (Å²) in [6.07, 6.45) is 18.2. The molecule has 0 aromatic carbocycles. The highest BCUT2D eigenvalue weighted by Gasteiger charge is 1.96. The van der Waals surface area contributed by atoms with Gasteiger partial charge in [0.05, 0.1) is 12.7 Å². The minimum absolute atomic E-state index is 0.139. The van der Waals surface area contributed by atoms with Crippen LogP contribution in [0.5, 0.6) is 0 Å². The fraction of sp³-hybridized carbons (Fsp3) is 0.950. The summed E-state index contributed by atoms with van der Waals surface area (Å²) in [6, 6.07) is 0. The molecular formula is C20H42O4. The van der Waals surface area contributed by atoms with Gasteiger partial charge in [0.25, 0.3) is 0 Å². The molecule has 0 bridgehead atoms. The molecule has 4 nitrogen and oxygen atoms in total. The molecule has 0 spiro atoms. The van der Waals surface area contributed by atoms with Crippen molar-refractivity contribution in [2.45, 2.75) is 116 Å². The second-order valence-electron chi connectivity index (χ2n) is 6.77. The van der Waals surface area contributed by atoms with Crippen molar-refractivity contribution in [1.82, 2.24) is 0 Å². The second-order valence-corrected chi connectivity index (χ2v) is 6.77. The highest BCUT2D eigenvalue weighted by molar-refractivity contribution is 5.66. The smallest absolute Gasteiger partial charge is 0.303 e. The van der Waals surface area contributed by atoms with E-state index in [-0.39, 0.29) is 6.61 Å². The number of rotatable bonds is 16. The van der Waals surface area contributed by atoms with Crippen LogP contribution in [0.25, 0.3) is 0 Å². The summed E-state index contributed by atoms with van der Waals surface area (Å²) >= 11 is 0. The molecule has 0 aromatic rings. The summed E-state index contributed by atoms with van der Waals surface area (Å²) in [4.78, 5) is 10.3. The molecule has 4 heteroatoms. The summed E-state index contributed by atoms with van der Waals surface area (Å²) in [7, 11) is 0. The summed E-state index contributed by atoms with van der Waals surface area (Å²) in [6.45, 7) is 3.65. The monoisotopic (exact) mass is 346 g/mol. The van der Waals surface area contributed by atoms with E-state index in [1.807, 2.05) is 0 Å². The van der Waals surface area contributed by atoms with Gasteiger partial charge in [0.1, 0.15) is 0 Å². The number of hydrogen-bond acceptors (Lipinski definition) is 3. The van der Waals surface area contributed by atoms with Gasteiger partial charge in [0, 0.05) is 6.42 Å². The van der Waals surface area contributed by atoms with Crippen LogP contribution in [0.1, 0.15) is 110 Å². The molecule has 0 radical (unpaired) electrons. The molecular weight excluding hydrogens is 304 g/mol. The third-order valence-corrected chi connectivity index (χ3v) is 4.01. The Balaban J connectivity index is 0. The highest BCUT2D eigenvalue weighted by Crippen LogP contribution is 2.13. The molecule has 0 heterocycles. The zero-order valence-electron chi connectivity index (χ0n) is 16.1. The minimum atomic E-state index is -0.654. The molecule has 0 saturated heterocycles. The average molecular weight is 347 g/mol. The predicted molar refractivity (Wildman–Crippen MR) is 101 cm³/mol. The third-order valence-electron chi connectivity index (χ3n) is 4.01. The quantitative estimate of drug-likeness (QED) is 0.331. The molecule has 0 aliphatic rings. The van der Waals surface area contributed by atoms with Gasteiger partial charge in [0.2, 0.25) is 0 Å². The van der Waals surface area contributed by atoms with Crippen molar-refractivity contribution >= 4 is 5.97 Å². The Bertz CT molecular complexity index is 242. The summed E-state index contributed by atoms with van der Waals surface area (Å²) in [5.41, 5.74) is 0. The van der Waals surface area contributed by atoms with Crippen molar-refractivity contribution < 1.29 is 20.1 Å². The topological polar surface area (TPSA) is 77.8 Å². The Labute approximate surface area is 149 Å². The summed E-state index contributed by atoms with van der Waals surface area (Å²) in [5, 5.41) is 24.5. The normalized spacial score (nSPS) is 11.7. The number of carboxylic acid groups (broad SMARTS) is 1. The molecule has 24 heavy (non-hydrogen) atoms. The minimum Gasteiger partial charge on any atom is -0.481 e. The fourth-order valence-electron chi connectivity index (χ4n) is 2.47. The largest absolute Gasteiger partial charge is 0.481 e. The zero-order chi connectivity index (χ0) is 18.5. The maximum absolute atomic E-state index is 10.3. The number of aliphatic hydroxyl groups is 2. The molecule has 0 fully saturated rings. The lowest BCUT2D eigenvalue weighted by Gasteiger charge is -2.02. The fourth-order valence-corrected chi connectivity index (χ4v) is 2.47. The van der Waals surface area contributed by atoms with Crippen molar-refractivity contribution in [3.8, 4) is 0 Å². The number of aliphatic carboxylic acids is 1. The second kappa shape index (κ2) is 22.4. The van der Waals surface area contributed by atoms with Crippen LogP contribution in [0, 0.1) is 0 Å². The van der Waals surface area contributed by atoms with E-state index in [1.54, 1.807) is 0 Å². The lowest BCUT2D eigenvalue weighted by Crippen LogP contribution is -2.03. The first-order chi connectivity index (χ1) is 11.5. The Morgan fingerprint density at radius 1 is 0.750 bits per heavy atom. The van der Waals surface area contributed by atoms with Crippen LogP contribution in [-0.2, 0) is 4.79 Å². The van der Waals surface area contributed by atoms with Crippen LogP contribution in [-0.4, -0.2) is 34.0 Å². The molecule has 3 N–H and O–H groups in total. The lowest BCUT2D eigenvalue weighted by atomic mass is 10.0. The van der Waals surface area contributed by atoms with Gasteiger partial charge in [-0.3, -0.25) is 4.79 Å². The average Bonchev–Trinajstić information content (AvgIpc) is 2.55. The Kier molecular flexibility index (Phi) is 23.9. The van der Waals surface area contributed by atoms with Gasteiger partial charge in [0.15, 0.2) is 0 Å². The summed E-state index contributed by atoms with van der Waals surface area (Å²) < 4.78 is 0. The van der Waals surface area contributed by atoms with E-state index in [2.05, 4.69) is 6.92 Å². The Morgan fingerprint density at radius 3 is 1.29 bits per heavy atom. The van der Waals surface area contributed by atoms with Crippen LogP contribution in [0.3, 0.4) is 0 Å². The van der Waals surface area contributed by atoms with Crippen LogP contribution in [0.2, 0.25) is 0 Å². The highest BCUT2D eigenvalue weighted by atomic mass is 16.4. The predicted octanol–water partition coefficient (Wildman–Crippen LogP) is 5.30. The molecule has 0 rings (SSSR count). The molecule has 0 aliphatic carbocycles. The molecule has 1 atom stereocenters. The van der Waals surface area contributed by atoms with Gasteiger partial charge >= 0.3 is 5.97 Å². The lowest BCUT2D eigenvalue weighted by molar-refractivity contribution is -0.137. The van der Waals surface area contributed by atoms with E-state index in [0.717, 1.165) is 12.8 Å². The van der Waals surface area contributed by atoms with Crippen molar-refractivity contribution in [2.75, 3.05) is 6.61 Å². The number of carbonyl (C=O) groups is 1. The first-order valence-electron chi connectivity index (χ1n) is 10.0. The van der Waals surface area contributed by atoms with Gasteiger partial charge in [-0.25, -0.2) is 0 Å². The van der Waals surface area contributed by atoms with E-state index < -0.39 is 12.1 Å². The van der Waals surface area contributed by atoms with Gasteiger partial charge in [-0.05, 0) is 13.3 Å². The SMILES string of the molecule is CC(O)CO.CCCCCCCCCCCCCCCCC(=O)O. The molecule has 0 aliphatic heterocycles. The first-order valence-corrected chi connectivity index (χ1v) is 10.0. The standard InChI is InChI=1S/C17H34O2.C3H8O2/c1-2-3-4-5-6-7-8-9-10-11-12-13-14-15-16-17(18)19;1-3(5)2-4/h2-16H2,1H3,(H,18,19);3-5H,2H2,1H3. The molecule has 0 aromatic heterocycles. The third kappa shape index (κ3) is 29.4. The van der Waals surface area contributed by atoms with Crippen molar-refractivity contribution in [2.24, 2.45) is 0 Å². The van der Waals surface area contributed by atoms with E-state index in [9.17, 15) is 4.79 Å². The van der Waals surface area contributed by atoms with Crippen molar-refractivity contribution in [3.63, 3.8) is 0 Å². The maximum atomic E-state index is 10.3. The van der Waals surface area contributed by atoms with Crippen LogP contribution < -0.4 is 0 Å². The zero-order valence-corrected chi connectivity index (χ0v) is 16.1. The Morgan fingerprint density at radius 2 is 1.04 bits per heavy atom. The van der Waals surface area contributed by atoms with E-state index in [1.165, 1.54) is 84.0 Å². The van der Waals surface area contributed by atoms with Gasteiger partial charge in [-0.15, -0.1) is 0 Å². The van der Waals surface area contributed by atoms with Gasteiger partial charge in [-0.1, -0.05) is 90.4 Å². The number of aliphatic hydroxyl groups excluding tert-OH is 2. The Hall–Kier alpha value is -0.610. The van der Waals surface area contributed by atoms with E-state index in [4.69, 9.17) is 15.3 Å². The van der Waals surface area contributed by atoms with Gasteiger partial charge < -0.3 is 15.3 Å². The molecule has 0 saturated carbocycles. The van der Waals surface area contributed by atoms with Crippen molar-refractivity contribution in [1.29, 1.82) is 0 Å². The summed E-state index contributed by atoms with van der Waals surface area (Å²) in [5.74, 6) is -0.654. The number of unbranched alkanes of at least 4 members (excludes halogenated alkanes) is 13. The molecule has 0 amide bonds. The molecule has 146 valence electrons. The van der Waals surface area contributed by atoms with Crippen LogP contribution in [0.15, 0.2) is 0 Å². The first kappa shape index (κ1) is 25.6. The van der Waals surface area contributed by atoms with Crippen LogP contribution in [0.4, 0.5) is 0 Å². The molecule has 1 unspecified atom stereocenters. The number of hydrogen-bond donors (Lipinski definition) is 3. The van der Waals surface area contributed by atoms with Gasteiger partial charge in [-0.2, -0.15) is 0 Å². The van der Waals surface area contributed by atoms with E-state index in [0.29, 0.717) is 6.42 Å². The van der Waals surface area contributed by atoms with Crippen LogP contribution >= 0.6 is 0 Å². The van der Waals surface area contributed by atoms with E-state index >= 15 is 0 Å². The number of carboxylic acids is 1.